The zero-order valence-corrected chi connectivity index (χ0v) is 21.0. The van der Waals surface area contributed by atoms with Crippen molar-refractivity contribution in [1.82, 2.24) is 4.98 Å². The van der Waals surface area contributed by atoms with Crippen molar-refractivity contribution >= 4 is 51.9 Å². The van der Waals surface area contributed by atoms with Crippen molar-refractivity contribution in [2.24, 2.45) is 4.99 Å². The molecule has 1 saturated heterocycles. The van der Waals surface area contributed by atoms with E-state index in [9.17, 15) is 4.79 Å². The molecule has 2 heterocycles. The van der Waals surface area contributed by atoms with Crippen molar-refractivity contribution < 1.29 is 9.53 Å². The Kier molecular flexibility index (Phi) is 7.16. The number of para-hydroxylation sites is 2. The van der Waals surface area contributed by atoms with Gasteiger partial charge in [-0.3, -0.25) is 9.69 Å². The first-order valence-electron chi connectivity index (χ1n) is 11.3. The lowest BCUT2D eigenvalue weighted by Crippen LogP contribution is -2.28. The van der Waals surface area contributed by atoms with Gasteiger partial charge in [-0.15, -0.1) is 0 Å². The summed E-state index contributed by atoms with van der Waals surface area (Å²) < 4.78 is 6.12. The third kappa shape index (κ3) is 5.35. The first kappa shape index (κ1) is 23.9. The molecule has 4 aromatic rings. The van der Waals surface area contributed by atoms with Crippen LogP contribution in [0.3, 0.4) is 0 Å². The predicted molar refractivity (Wildman–Crippen MR) is 148 cm³/mol. The van der Waals surface area contributed by atoms with Gasteiger partial charge in [0.15, 0.2) is 10.3 Å². The minimum Gasteiger partial charge on any atom is -0.488 e. The summed E-state index contributed by atoms with van der Waals surface area (Å²) in [4.78, 5) is 24.5. The van der Waals surface area contributed by atoms with Crippen LogP contribution in [0.25, 0.3) is 6.08 Å². The molecule has 0 atom stereocenters. The van der Waals surface area contributed by atoms with Crippen molar-refractivity contribution in [3.05, 3.63) is 124 Å². The number of thioether (sulfide) groups is 1. The third-order valence-electron chi connectivity index (χ3n) is 5.50. The average Bonchev–Trinajstić information content (AvgIpc) is 3.20. The van der Waals surface area contributed by atoms with E-state index in [1.54, 1.807) is 23.2 Å². The molecule has 3 aromatic carbocycles. The van der Waals surface area contributed by atoms with Crippen LogP contribution < -0.4 is 9.64 Å². The van der Waals surface area contributed by atoms with Crippen LogP contribution in [0.5, 0.6) is 5.75 Å². The van der Waals surface area contributed by atoms with E-state index in [0.717, 1.165) is 16.8 Å². The number of hydrogen-bond donors (Lipinski definition) is 0. The number of aliphatic imine (C=N–C) groups is 1. The highest BCUT2D eigenvalue weighted by Crippen LogP contribution is 2.39. The second-order valence-corrected chi connectivity index (χ2v) is 9.47. The van der Waals surface area contributed by atoms with E-state index in [1.807, 2.05) is 60.7 Å². The molecule has 1 fully saturated rings. The number of aromatic nitrogens is 1. The van der Waals surface area contributed by atoms with Gasteiger partial charge in [-0.25, -0.2) is 9.98 Å². The number of hydrogen-bond acceptors (Lipinski definition) is 5. The summed E-state index contributed by atoms with van der Waals surface area (Å²) in [7, 11) is 0. The molecule has 0 spiro atoms. The molecule has 0 radical (unpaired) electrons. The summed E-state index contributed by atoms with van der Waals surface area (Å²) >= 11 is 7.54. The van der Waals surface area contributed by atoms with Gasteiger partial charge in [0, 0.05) is 11.8 Å². The summed E-state index contributed by atoms with van der Waals surface area (Å²) in [6.07, 6.45) is 3.45. The zero-order chi connectivity index (χ0) is 24.9. The van der Waals surface area contributed by atoms with Gasteiger partial charge in [0.1, 0.15) is 18.0 Å². The van der Waals surface area contributed by atoms with Crippen LogP contribution in [0.2, 0.25) is 5.15 Å². The van der Waals surface area contributed by atoms with Gasteiger partial charge >= 0.3 is 0 Å². The lowest BCUT2D eigenvalue weighted by Gasteiger charge is -2.15. The van der Waals surface area contributed by atoms with Crippen LogP contribution in [0.4, 0.5) is 11.4 Å². The fourth-order valence-electron chi connectivity index (χ4n) is 3.64. The van der Waals surface area contributed by atoms with Crippen LogP contribution in [-0.2, 0) is 11.4 Å². The lowest BCUT2D eigenvalue weighted by molar-refractivity contribution is -0.113. The second-order valence-electron chi connectivity index (χ2n) is 8.11. The molecular formula is C29H22ClN3O2S. The maximum Gasteiger partial charge on any atom is 0.271 e. The van der Waals surface area contributed by atoms with Crippen molar-refractivity contribution in [2.45, 2.75) is 13.5 Å². The van der Waals surface area contributed by atoms with Gasteiger partial charge in [-0.2, -0.15) is 0 Å². The molecule has 0 unspecified atom stereocenters. The van der Waals surface area contributed by atoms with Crippen LogP contribution in [-0.4, -0.2) is 16.1 Å². The monoisotopic (exact) mass is 511 g/mol. The first-order valence-corrected chi connectivity index (χ1v) is 12.5. The van der Waals surface area contributed by atoms with Crippen LogP contribution >= 0.6 is 23.4 Å². The number of halogens is 1. The van der Waals surface area contributed by atoms with Crippen molar-refractivity contribution in [2.75, 3.05) is 4.90 Å². The molecule has 1 aromatic heterocycles. The molecule has 0 bridgehead atoms. The van der Waals surface area contributed by atoms with E-state index in [1.165, 1.54) is 17.3 Å². The van der Waals surface area contributed by atoms with Gasteiger partial charge in [0.05, 0.1) is 10.6 Å². The molecule has 178 valence electrons. The number of anilines is 1. The molecule has 0 saturated carbocycles. The average molecular weight is 512 g/mol. The van der Waals surface area contributed by atoms with Crippen LogP contribution in [0, 0.1) is 6.92 Å². The first-order chi connectivity index (χ1) is 17.6. The molecule has 1 aliphatic heterocycles. The quantitative estimate of drug-likeness (QED) is 0.199. The number of pyridine rings is 1. The standard InChI is InChI=1S/C29H22ClN3O2S/c1-20-13-15-21(16-14-20)19-35-25-12-6-5-8-22(25)18-26-28(34)33(23-9-3-2-4-10-23)29(36-26)32-24-11-7-17-31-27(24)30/h2-18H,19H2,1H3/b26-18-,32-29?. The second kappa shape index (κ2) is 10.8. The highest BCUT2D eigenvalue weighted by atomic mass is 35.5. The van der Waals surface area contributed by atoms with E-state index in [0.29, 0.717) is 28.1 Å². The Balaban J connectivity index is 1.48. The summed E-state index contributed by atoms with van der Waals surface area (Å²) in [6, 6.07) is 28.9. The van der Waals surface area contributed by atoms with Gasteiger partial charge in [0.25, 0.3) is 5.91 Å². The van der Waals surface area contributed by atoms with E-state index < -0.39 is 0 Å². The Bertz CT molecular complexity index is 1450. The molecule has 7 heteroatoms. The normalized spacial score (nSPS) is 15.6. The Morgan fingerprint density at radius 3 is 2.50 bits per heavy atom. The molecule has 36 heavy (non-hydrogen) atoms. The highest BCUT2D eigenvalue weighted by Gasteiger charge is 2.35. The summed E-state index contributed by atoms with van der Waals surface area (Å²) in [5.74, 6) is 0.532. The number of amidine groups is 1. The topological polar surface area (TPSA) is 54.8 Å². The fourth-order valence-corrected chi connectivity index (χ4v) is 4.78. The smallest absolute Gasteiger partial charge is 0.271 e. The van der Waals surface area contributed by atoms with Crippen LogP contribution in [0.15, 0.2) is 107 Å². The summed E-state index contributed by atoms with van der Waals surface area (Å²) in [6.45, 7) is 2.49. The Labute approximate surface area is 219 Å². The summed E-state index contributed by atoms with van der Waals surface area (Å²) in [5, 5.41) is 0.781. The number of aryl methyl sites for hydroxylation is 1. The molecule has 0 aliphatic carbocycles. The summed E-state index contributed by atoms with van der Waals surface area (Å²) in [5.41, 5.74) is 4.31. The van der Waals surface area contributed by atoms with E-state index in [4.69, 9.17) is 16.3 Å². The van der Waals surface area contributed by atoms with E-state index >= 15 is 0 Å². The third-order valence-corrected chi connectivity index (χ3v) is 6.76. The van der Waals surface area contributed by atoms with Gasteiger partial charge in [0.2, 0.25) is 0 Å². The molecule has 1 amide bonds. The van der Waals surface area contributed by atoms with Crippen molar-refractivity contribution in [3.63, 3.8) is 0 Å². The minimum absolute atomic E-state index is 0.168. The molecule has 0 N–H and O–H groups in total. The van der Waals surface area contributed by atoms with Gasteiger partial charge in [-0.05, 0) is 60.7 Å². The van der Waals surface area contributed by atoms with Gasteiger partial charge in [-0.1, -0.05) is 77.8 Å². The highest BCUT2D eigenvalue weighted by molar-refractivity contribution is 8.19. The fraction of sp³-hybridized carbons (Fsp3) is 0.0690. The number of benzene rings is 3. The molecule has 5 rings (SSSR count). The van der Waals surface area contributed by atoms with Crippen molar-refractivity contribution in [3.8, 4) is 5.75 Å². The number of amides is 1. The Morgan fingerprint density at radius 2 is 1.72 bits per heavy atom. The number of nitrogens with zero attached hydrogens (tertiary/aromatic N) is 3. The number of carbonyl (C=O) groups is 1. The maximum absolute atomic E-state index is 13.6. The SMILES string of the molecule is Cc1ccc(COc2ccccc2/C=C2\SC(=Nc3cccnc3Cl)N(c3ccccc3)C2=O)cc1. The van der Waals surface area contributed by atoms with Crippen molar-refractivity contribution in [1.29, 1.82) is 0 Å². The van der Waals surface area contributed by atoms with Gasteiger partial charge < -0.3 is 4.74 Å². The number of rotatable bonds is 6. The Hall–Kier alpha value is -3.87. The molecular weight excluding hydrogens is 490 g/mol. The largest absolute Gasteiger partial charge is 0.488 e. The van der Waals surface area contributed by atoms with Crippen LogP contribution in [0.1, 0.15) is 16.7 Å². The molecule has 5 nitrogen and oxygen atoms in total. The van der Waals surface area contributed by atoms with E-state index in [-0.39, 0.29) is 11.1 Å². The maximum atomic E-state index is 13.6. The Morgan fingerprint density at radius 1 is 0.972 bits per heavy atom. The lowest BCUT2D eigenvalue weighted by atomic mass is 10.1. The molecule has 1 aliphatic rings. The number of carbonyl (C=O) groups excluding carboxylic acids is 1. The number of ether oxygens (including phenoxy) is 1. The predicted octanol–water partition coefficient (Wildman–Crippen LogP) is 7.43. The minimum atomic E-state index is -0.168. The van der Waals surface area contributed by atoms with E-state index in [2.05, 4.69) is 41.2 Å². The zero-order valence-electron chi connectivity index (χ0n) is 19.5.